The van der Waals surface area contributed by atoms with Crippen LogP contribution in [0.15, 0.2) is 59.5 Å². The number of rotatable bonds is 5. The summed E-state index contributed by atoms with van der Waals surface area (Å²) in [6.45, 7) is 4.67. The number of halogens is 1. The van der Waals surface area contributed by atoms with Gasteiger partial charge in [0, 0.05) is 15.5 Å². The zero-order chi connectivity index (χ0) is 20.5. The molecule has 0 unspecified atom stereocenters. The van der Waals surface area contributed by atoms with Gasteiger partial charge >= 0.3 is 0 Å². The largest absolute Gasteiger partial charge is 0.301 e. The Morgan fingerprint density at radius 3 is 2.29 bits per heavy atom. The first-order chi connectivity index (χ1) is 13.1. The average molecular weight is 435 g/mol. The Labute approximate surface area is 173 Å². The van der Waals surface area contributed by atoms with E-state index < -0.39 is 20.5 Å². The molecule has 3 rings (SSSR count). The maximum Gasteiger partial charge on any atom is 0.247 e. The summed E-state index contributed by atoms with van der Waals surface area (Å²) >= 11 is 7.14. The normalized spacial score (nSPS) is 12.0. The van der Waals surface area contributed by atoms with Gasteiger partial charge in [-0.25, -0.2) is 13.4 Å². The van der Waals surface area contributed by atoms with Crippen molar-refractivity contribution in [2.75, 3.05) is 5.32 Å². The van der Waals surface area contributed by atoms with Crippen molar-refractivity contribution in [2.24, 2.45) is 0 Å². The van der Waals surface area contributed by atoms with E-state index in [9.17, 15) is 13.2 Å². The molecule has 0 atom stereocenters. The van der Waals surface area contributed by atoms with Crippen LogP contribution in [-0.4, -0.2) is 24.1 Å². The molecule has 0 saturated heterocycles. The lowest BCUT2D eigenvalue weighted by molar-refractivity contribution is -0.117. The van der Waals surface area contributed by atoms with Crippen LogP contribution in [0, 0.1) is 6.92 Å². The maximum absolute atomic E-state index is 13.0. The lowest BCUT2D eigenvalue weighted by Crippen LogP contribution is -2.44. The molecule has 28 heavy (non-hydrogen) atoms. The van der Waals surface area contributed by atoms with Gasteiger partial charge in [0.1, 0.15) is 4.75 Å². The van der Waals surface area contributed by atoms with Gasteiger partial charge in [0.2, 0.25) is 5.91 Å². The van der Waals surface area contributed by atoms with Gasteiger partial charge in [-0.1, -0.05) is 41.9 Å². The van der Waals surface area contributed by atoms with E-state index >= 15 is 0 Å². The topological polar surface area (TPSA) is 76.1 Å². The smallest absolute Gasteiger partial charge is 0.247 e. The van der Waals surface area contributed by atoms with Crippen molar-refractivity contribution < 1.29 is 13.2 Å². The second kappa shape index (κ2) is 7.66. The molecule has 8 heteroatoms. The fraction of sp³-hybridized carbons (Fsp3) is 0.200. The number of sulfone groups is 1. The molecule has 1 amide bonds. The lowest BCUT2D eigenvalue weighted by Gasteiger charge is -2.23. The first-order valence-electron chi connectivity index (χ1n) is 8.47. The number of aryl methyl sites for hydroxylation is 1. The zero-order valence-corrected chi connectivity index (χ0v) is 18.0. The number of nitrogens with zero attached hydrogens (tertiary/aromatic N) is 1. The molecule has 1 aromatic heterocycles. The molecular formula is C20H19ClN2O3S2. The third-order valence-electron chi connectivity index (χ3n) is 4.41. The third-order valence-corrected chi connectivity index (χ3v) is 7.97. The summed E-state index contributed by atoms with van der Waals surface area (Å²) in [5.41, 5.74) is 1.70. The Kier molecular flexibility index (Phi) is 5.61. The second-order valence-corrected chi connectivity index (χ2v) is 10.9. The molecule has 1 heterocycles. The average Bonchev–Trinajstić information content (AvgIpc) is 3.02. The fourth-order valence-corrected chi connectivity index (χ4v) is 4.93. The molecule has 146 valence electrons. The Morgan fingerprint density at radius 1 is 1.07 bits per heavy atom. The van der Waals surface area contributed by atoms with E-state index in [0.717, 1.165) is 16.1 Å². The Bertz CT molecular complexity index is 1110. The molecule has 0 radical (unpaired) electrons. The molecule has 5 nitrogen and oxygen atoms in total. The molecule has 0 aliphatic heterocycles. The first kappa shape index (κ1) is 20.5. The van der Waals surface area contributed by atoms with Crippen molar-refractivity contribution in [3.05, 3.63) is 64.5 Å². The van der Waals surface area contributed by atoms with Gasteiger partial charge in [-0.2, -0.15) is 0 Å². The van der Waals surface area contributed by atoms with Gasteiger partial charge in [-0.3, -0.25) is 4.79 Å². The highest BCUT2D eigenvalue weighted by Gasteiger charge is 2.43. The van der Waals surface area contributed by atoms with E-state index in [4.69, 9.17) is 11.6 Å². The summed E-state index contributed by atoms with van der Waals surface area (Å²) in [5, 5.41) is 3.45. The Hall–Kier alpha value is -2.22. The number of thiazole rings is 1. The van der Waals surface area contributed by atoms with E-state index in [0.29, 0.717) is 10.2 Å². The van der Waals surface area contributed by atoms with E-state index in [1.807, 2.05) is 37.3 Å². The highest BCUT2D eigenvalue weighted by Crippen LogP contribution is 2.32. The summed E-state index contributed by atoms with van der Waals surface area (Å²) in [5.74, 6) is -0.643. The summed E-state index contributed by atoms with van der Waals surface area (Å²) in [4.78, 5) is 18.3. The minimum atomic E-state index is -3.92. The molecule has 0 aliphatic rings. The van der Waals surface area contributed by atoms with Gasteiger partial charge in [-0.05, 0) is 45.0 Å². The molecule has 0 fully saturated rings. The number of benzene rings is 2. The molecule has 0 bridgehead atoms. The maximum atomic E-state index is 13.0. The Morgan fingerprint density at radius 2 is 1.68 bits per heavy atom. The molecule has 0 saturated carbocycles. The van der Waals surface area contributed by atoms with Gasteiger partial charge in [-0.15, -0.1) is 11.3 Å². The minimum Gasteiger partial charge on any atom is -0.301 e. The van der Waals surface area contributed by atoms with E-state index in [2.05, 4.69) is 10.3 Å². The van der Waals surface area contributed by atoms with Crippen LogP contribution in [0.2, 0.25) is 5.02 Å². The van der Waals surface area contributed by atoms with Gasteiger partial charge in [0.15, 0.2) is 15.0 Å². The highest BCUT2D eigenvalue weighted by molar-refractivity contribution is 7.93. The van der Waals surface area contributed by atoms with Crippen LogP contribution in [0.4, 0.5) is 5.13 Å². The zero-order valence-electron chi connectivity index (χ0n) is 15.6. The van der Waals surface area contributed by atoms with Crippen molar-refractivity contribution in [2.45, 2.75) is 30.4 Å². The lowest BCUT2D eigenvalue weighted by atomic mass is 10.1. The van der Waals surface area contributed by atoms with Crippen LogP contribution in [0.5, 0.6) is 0 Å². The monoisotopic (exact) mass is 434 g/mol. The molecule has 2 aromatic carbocycles. The van der Waals surface area contributed by atoms with Crippen LogP contribution in [0.1, 0.15) is 18.7 Å². The SMILES string of the molecule is Cc1sc(NC(=O)C(C)(C)S(=O)(=O)c2ccc(Cl)cc2)nc1-c1ccccc1. The van der Waals surface area contributed by atoms with Crippen LogP contribution < -0.4 is 5.32 Å². The molecule has 1 N–H and O–H groups in total. The molecular weight excluding hydrogens is 416 g/mol. The molecule has 0 aliphatic carbocycles. The number of carbonyl (C=O) groups is 1. The minimum absolute atomic E-state index is 0.0392. The Balaban J connectivity index is 1.87. The highest BCUT2D eigenvalue weighted by atomic mass is 35.5. The predicted molar refractivity (Wildman–Crippen MR) is 114 cm³/mol. The summed E-state index contributed by atoms with van der Waals surface area (Å²) in [6.07, 6.45) is 0. The molecule has 3 aromatic rings. The summed E-state index contributed by atoms with van der Waals surface area (Å²) in [7, 11) is -3.92. The van der Waals surface area contributed by atoms with Crippen LogP contribution in [0.3, 0.4) is 0 Å². The number of anilines is 1. The fourth-order valence-electron chi connectivity index (χ4n) is 2.59. The van der Waals surface area contributed by atoms with Crippen LogP contribution in [-0.2, 0) is 14.6 Å². The van der Waals surface area contributed by atoms with Crippen molar-refractivity contribution in [1.29, 1.82) is 0 Å². The van der Waals surface area contributed by atoms with Gasteiger partial charge in [0.05, 0.1) is 10.6 Å². The predicted octanol–water partition coefficient (Wildman–Crippen LogP) is 4.96. The van der Waals surface area contributed by atoms with Crippen LogP contribution in [0.25, 0.3) is 11.3 Å². The quantitative estimate of drug-likeness (QED) is 0.615. The number of nitrogens with one attached hydrogen (secondary N) is 1. The molecule has 0 spiro atoms. The van der Waals surface area contributed by atoms with Crippen molar-refractivity contribution in [1.82, 2.24) is 4.98 Å². The van der Waals surface area contributed by atoms with E-state index in [1.54, 1.807) is 0 Å². The second-order valence-electron chi connectivity index (χ2n) is 6.71. The van der Waals surface area contributed by atoms with Gasteiger partial charge in [0.25, 0.3) is 0 Å². The number of carbonyl (C=O) groups excluding carboxylic acids is 1. The van der Waals surface area contributed by atoms with Gasteiger partial charge < -0.3 is 5.32 Å². The van der Waals surface area contributed by atoms with Crippen molar-refractivity contribution >= 4 is 43.8 Å². The number of amides is 1. The third kappa shape index (κ3) is 3.83. The number of aromatic nitrogens is 1. The first-order valence-corrected chi connectivity index (χ1v) is 11.1. The van der Waals surface area contributed by atoms with Crippen molar-refractivity contribution in [3.63, 3.8) is 0 Å². The summed E-state index contributed by atoms with van der Waals surface area (Å²) in [6, 6.07) is 15.4. The summed E-state index contributed by atoms with van der Waals surface area (Å²) < 4.78 is 24.3. The standard InChI is InChI=1S/C20H19ClN2O3S2/c1-13-17(14-7-5-4-6-8-14)22-19(27-13)23-18(24)20(2,3)28(25,26)16-11-9-15(21)10-12-16/h4-12H,1-3H3,(H,22,23,24). The number of hydrogen-bond acceptors (Lipinski definition) is 5. The van der Waals surface area contributed by atoms with Crippen LogP contribution >= 0.6 is 22.9 Å². The van der Waals surface area contributed by atoms with Crippen molar-refractivity contribution in [3.8, 4) is 11.3 Å². The number of hydrogen-bond donors (Lipinski definition) is 1. The van der Waals surface area contributed by atoms with E-state index in [1.165, 1.54) is 49.4 Å². The van der Waals surface area contributed by atoms with E-state index in [-0.39, 0.29) is 4.90 Å².